The van der Waals surface area contributed by atoms with Gasteiger partial charge in [-0.25, -0.2) is 4.79 Å². The van der Waals surface area contributed by atoms with Crippen LogP contribution in [-0.2, 0) is 9.47 Å². The molecule has 1 unspecified atom stereocenters. The number of rotatable bonds is 6. The molecule has 0 bridgehead atoms. The Morgan fingerprint density at radius 2 is 1.95 bits per heavy atom. The van der Waals surface area contributed by atoms with Crippen molar-refractivity contribution in [1.82, 2.24) is 5.32 Å². The summed E-state index contributed by atoms with van der Waals surface area (Å²) in [5, 5.41) is 2.68. The minimum Gasteiger partial charge on any atom is -0.444 e. The number of benzene rings is 1. The van der Waals surface area contributed by atoms with Gasteiger partial charge in [-0.3, -0.25) is 4.79 Å². The molecule has 0 radical (unpaired) electrons. The van der Waals surface area contributed by atoms with Crippen molar-refractivity contribution < 1.29 is 19.1 Å². The second-order valence-corrected chi connectivity index (χ2v) is 6.30. The summed E-state index contributed by atoms with van der Waals surface area (Å²) in [6.45, 7) is 7.54. The summed E-state index contributed by atoms with van der Waals surface area (Å²) in [5.41, 5.74) is 1.07. The third-order valence-corrected chi connectivity index (χ3v) is 2.86. The molecule has 1 N–H and O–H groups in total. The fourth-order valence-electron chi connectivity index (χ4n) is 1.99. The first-order chi connectivity index (χ1) is 10.2. The summed E-state index contributed by atoms with van der Waals surface area (Å²) in [6.07, 6.45) is -0.386. The minimum absolute atomic E-state index is 0.0400. The van der Waals surface area contributed by atoms with Gasteiger partial charge in [0, 0.05) is 19.1 Å². The highest BCUT2D eigenvalue weighted by atomic mass is 16.6. The first-order valence-electron chi connectivity index (χ1n) is 7.29. The number of carbonyl (C=O) groups excluding carboxylic acids is 2. The number of Topliss-reactive ketones (excluding diaryl/α,β-unsaturated/α-hetero) is 1. The van der Waals surface area contributed by atoms with Crippen molar-refractivity contribution in [2.75, 3.05) is 13.7 Å². The van der Waals surface area contributed by atoms with Crippen LogP contribution < -0.4 is 5.32 Å². The van der Waals surface area contributed by atoms with Gasteiger partial charge < -0.3 is 14.8 Å². The number of methoxy groups -OCH3 is 1. The Morgan fingerprint density at radius 3 is 2.50 bits per heavy atom. The van der Waals surface area contributed by atoms with Crippen molar-refractivity contribution in [3.63, 3.8) is 0 Å². The number of nitrogens with one attached hydrogen (secondary N) is 1. The lowest BCUT2D eigenvalue weighted by atomic mass is 10.0. The molecule has 5 heteroatoms. The van der Waals surface area contributed by atoms with E-state index in [9.17, 15) is 9.59 Å². The molecule has 0 fully saturated rings. The molecule has 1 amide bonds. The van der Waals surface area contributed by atoms with E-state index in [-0.39, 0.29) is 18.8 Å². The second-order valence-electron chi connectivity index (χ2n) is 6.30. The van der Waals surface area contributed by atoms with Crippen LogP contribution in [0, 0.1) is 6.92 Å². The van der Waals surface area contributed by atoms with Crippen molar-refractivity contribution in [2.45, 2.75) is 45.8 Å². The molecule has 0 saturated carbocycles. The van der Waals surface area contributed by atoms with Crippen LogP contribution in [0.1, 0.15) is 43.1 Å². The van der Waals surface area contributed by atoms with Crippen LogP contribution in [0.25, 0.3) is 0 Å². The molecule has 1 rings (SSSR count). The fourth-order valence-corrected chi connectivity index (χ4v) is 1.99. The lowest BCUT2D eigenvalue weighted by Crippen LogP contribution is -2.42. The molecule has 22 heavy (non-hydrogen) atoms. The van der Waals surface area contributed by atoms with Crippen molar-refractivity contribution in [2.24, 2.45) is 0 Å². The number of aryl methyl sites for hydroxylation is 1. The molecule has 0 saturated heterocycles. The second kappa shape index (κ2) is 7.94. The normalized spacial score (nSPS) is 12.6. The van der Waals surface area contributed by atoms with E-state index in [0.717, 1.165) is 5.56 Å². The summed E-state index contributed by atoms with van der Waals surface area (Å²) in [4.78, 5) is 24.1. The third-order valence-electron chi connectivity index (χ3n) is 2.86. The molecule has 0 heterocycles. The van der Waals surface area contributed by atoms with Crippen molar-refractivity contribution >= 4 is 11.9 Å². The van der Waals surface area contributed by atoms with Crippen LogP contribution in [0.4, 0.5) is 4.79 Å². The van der Waals surface area contributed by atoms with Crippen LogP contribution in [-0.4, -0.2) is 37.2 Å². The molecule has 122 valence electrons. The number of ether oxygens (including phenoxy) is 2. The monoisotopic (exact) mass is 307 g/mol. The van der Waals surface area contributed by atoms with Gasteiger partial charge in [0.1, 0.15) is 5.60 Å². The largest absolute Gasteiger partial charge is 0.444 e. The smallest absolute Gasteiger partial charge is 0.407 e. The number of hydrogen-bond donors (Lipinski definition) is 1. The maximum absolute atomic E-state index is 12.3. The summed E-state index contributed by atoms with van der Waals surface area (Å²) in [7, 11) is 1.53. The van der Waals surface area contributed by atoms with E-state index in [0.29, 0.717) is 5.56 Å². The van der Waals surface area contributed by atoms with Gasteiger partial charge in [0.05, 0.1) is 12.6 Å². The molecular formula is C17H25NO4. The topological polar surface area (TPSA) is 64.6 Å². The zero-order valence-corrected chi connectivity index (χ0v) is 13.9. The summed E-state index contributed by atoms with van der Waals surface area (Å²) in [6, 6.07) is 6.96. The van der Waals surface area contributed by atoms with Crippen LogP contribution in [0.3, 0.4) is 0 Å². The van der Waals surface area contributed by atoms with Crippen LogP contribution >= 0.6 is 0 Å². The Kier molecular flexibility index (Phi) is 6.56. The number of ketones is 1. The highest BCUT2D eigenvalue weighted by Gasteiger charge is 2.21. The Bertz CT molecular complexity index is 520. The summed E-state index contributed by atoms with van der Waals surface area (Å²) < 4.78 is 10.3. The Morgan fingerprint density at radius 1 is 1.27 bits per heavy atom. The summed E-state index contributed by atoms with van der Waals surface area (Å²) >= 11 is 0. The van der Waals surface area contributed by atoms with Crippen LogP contribution in [0.5, 0.6) is 0 Å². The number of amides is 1. The van der Waals surface area contributed by atoms with Gasteiger partial charge in [0.25, 0.3) is 0 Å². The molecule has 5 nitrogen and oxygen atoms in total. The predicted octanol–water partition coefficient (Wildman–Crippen LogP) is 3.11. The zero-order chi connectivity index (χ0) is 16.8. The SMILES string of the molecule is COCC(CC(=O)c1cccc(C)c1)NC(=O)OC(C)(C)C. The molecule has 1 aromatic carbocycles. The number of hydrogen-bond acceptors (Lipinski definition) is 4. The molecule has 0 aliphatic heterocycles. The lowest BCUT2D eigenvalue weighted by molar-refractivity contribution is 0.0464. The van der Waals surface area contributed by atoms with E-state index in [1.165, 1.54) is 7.11 Å². The molecule has 0 aliphatic rings. The Balaban J connectivity index is 2.67. The van der Waals surface area contributed by atoms with E-state index in [1.54, 1.807) is 26.8 Å². The first kappa shape index (κ1) is 18.2. The highest BCUT2D eigenvalue weighted by Crippen LogP contribution is 2.10. The zero-order valence-electron chi connectivity index (χ0n) is 13.9. The average Bonchev–Trinajstić information content (AvgIpc) is 2.36. The van der Waals surface area contributed by atoms with E-state index in [2.05, 4.69) is 5.32 Å². The average molecular weight is 307 g/mol. The minimum atomic E-state index is -0.581. The van der Waals surface area contributed by atoms with E-state index >= 15 is 0 Å². The standard InChI is InChI=1S/C17H25NO4/c1-12-7-6-8-13(9-12)15(19)10-14(11-21-5)18-16(20)22-17(2,3)4/h6-9,14H,10-11H2,1-5H3,(H,18,20). The van der Waals surface area contributed by atoms with Gasteiger partial charge >= 0.3 is 6.09 Å². The van der Waals surface area contributed by atoms with Crippen LogP contribution in [0.2, 0.25) is 0 Å². The maximum Gasteiger partial charge on any atom is 0.407 e. The van der Waals surface area contributed by atoms with Crippen molar-refractivity contribution in [1.29, 1.82) is 0 Å². The van der Waals surface area contributed by atoms with Crippen molar-refractivity contribution in [3.8, 4) is 0 Å². The first-order valence-corrected chi connectivity index (χ1v) is 7.29. The third kappa shape index (κ3) is 6.72. The molecule has 1 atom stereocenters. The lowest BCUT2D eigenvalue weighted by Gasteiger charge is -2.23. The van der Waals surface area contributed by atoms with Crippen molar-refractivity contribution in [3.05, 3.63) is 35.4 Å². The predicted molar refractivity (Wildman–Crippen MR) is 85.2 cm³/mol. The molecule has 1 aromatic rings. The molecule has 0 spiro atoms. The number of carbonyl (C=O) groups is 2. The molecule has 0 aromatic heterocycles. The number of alkyl carbamates (subject to hydrolysis) is 1. The Hall–Kier alpha value is -1.88. The fraction of sp³-hybridized carbons (Fsp3) is 0.529. The van der Waals surface area contributed by atoms with E-state index in [4.69, 9.17) is 9.47 Å². The molecular weight excluding hydrogens is 282 g/mol. The van der Waals surface area contributed by atoms with Gasteiger partial charge in [-0.15, -0.1) is 0 Å². The van der Waals surface area contributed by atoms with Gasteiger partial charge in [0.2, 0.25) is 0 Å². The van der Waals surface area contributed by atoms with Gasteiger partial charge in [-0.05, 0) is 33.8 Å². The molecule has 0 aliphatic carbocycles. The van der Waals surface area contributed by atoms with Gasteiger partial charge in [-0.1, -0.05) is 23.8 Å². The maximum atomic E-state index is 12.3. The highest BCUT2D eigenvalue weighted by molar-refractivity contribution is 5.96. The van der Waals surface area contributed by atoms with Gasteiger partial charge in [0.15, 0.2) is 5.78 Å². The van der Waals surface area contributed by atoms with E-state index in [1.807, 2.05) is 25.1 Å². The van der Waals surface area contributed by atoms with E-state index < -0.39 is 17.7 Å². The Labute approximate surface area is 132 Å². The quantitative estimate of drug-likeness (QED) is 0.820. The summed E-state index contributed by atoms with van der Waals surface area (Å²) in [5.74, 6) is -0.0400. The van der Waals surface area contributed by atoms with Gasteiger partial charge in [-0.2, -0.15) is 0 Å². The van der Waals surface area contributed by atoms with Crippen LogP contribution in [0.15, 0.2) is 24.3 Å².